The van der Waals surface area contributed by atoms with E-state index in [0.29, 0.717) is 25.9 Å². The molecule has 2 aromatic rings. The molecule has 27 heavy (non-hydrogen) atoms. The first-order valence-electron chi connectivity index (χ1n) is 7.83. The van der Waals surface area contributed by atoms with E-state index in [2.05, 4.69) is 37.2 Å². The Labute approximate surface area is 172 Å². The number of carbonyl (C=O) groups is 3. The average molecular weight is 494 g/mol. The number of nitrogens with zero attached hydrogens (tertiary/aromatic N) is 1. The second-order valence-electron chi connectivity index (χ2n) is 5.81. The summed E-state index contributed by atoms with van der Waals surface area (Å²) in [6, 6.07) is 9.53. The van der Waals surface area contributed by atoms with Gasteiger partial charge in [-0.1, -0.05) is 17.7 Å². The Bertz CT molecular complexity index is 961. The molecule has 0 aliphatic carbocycles. The van der Waals surface area contributed by atoms with Crippen LogP contribution in [0.4, 0.5) is 10.5 Å². The topological polar surface area (TPSA) is 75.7 Å². The van der Waals surface area contributed by atoms with Crippen molar-refractivity contribution >= 4 is 61.5 Å². The smallest absolute Gasteiger partial charge is 0.335 e. The molecule has 1 N–H and O–H groups in total. The minimum Gasteiger partial charge on any atom is -0.494 e. The highest BCUT2D eigenvalue weighted by molar-refractivity contribution is 9.11. The Balaban J connectivity index is 2.03. The monoisotopic (exact) mass is 492 g/mol. The van der Waals surface area contributed by atoms with Crippen molar-refractivity contribution in [1.29, 1.82) is 0 Å². The number of barbiturate groups is 1. The van der Waals surface area contributed by atoms with E-state index in [0.717, 1.165) is 10.5 Å². The van der Waals surface area contributed by atoms with Crippen LogP contribution in [0.15, 0.2) is 50.9 Å². The van der Waals surface area contributed by atoms with Crippen LogP contribution < -0.4 is 15.0 Å². The highest BCUT2D eigenvalue weighted by atomic mass is 79.9. The fourth-order valence-electron chi connectivity index (χ4n) is 2.61. The zero-order valence-electron chi connectivity index (χ0n) is 14.4. The maximum Gasteiger partial charge on any atom is 0.335 e. The molecule has 0 radical (unpaired) electrons. The fraction of sp³-hybridized carbons (Fsp3) is 0.105. The number of carbonyl (C=O) groups excluding carboxylic acids is 3. The number of anilines is 1. The summed E-state index contributed by atoms with van der Waals surface area (Å²) in [4.78, 5) is 38.3. The lowest BCUT2D eigenvalue weighted by molar-refractivity contribution is -0.122. The van der Waals surface area contributed by atoms with Crippen LogP contribution in [-0.2, 0) is 9.59 Å². The molecule has 6 nitrogen and oxygen atoms in total. The summed E-state index contributed by atoms with van der Waals surface area (Å²) in [6.07, 6.45) is 1.43. The second kappa shape index (κ2) is 7.66. The maximum absolute atomic E-state index is 12.9. The molecule has 8 heteroatoms. The first kappa shape index (κ1) is 19.3. The van der Waals surface area contributed by atoms with Gasteiger partial charge in [0.15, 0.2) is 0 Å². The van der Waals surface area contributed by atoms with Gasteiger partial charge in [-0.3, -0.25) is 14.9 Å². The van der Waals surface area contributed by atoms with E-state index < -0.39 is 17.8 Å². The largest absolute Gasteiger partial charge is 0.494 e. The van der Waals surface area contributed by atoms with Crippen molar-refractivity contribution in [3.8, 4) is 5.75 Å². The van der Waals surface area contributed by atoms with Gasteiger partial charge < -0.3 is 4.74 Å². The number of halogens is 2. The van der Waals surface area contributed by atoms with Gasteiger partial charge in [0.2, 0.25) is 0 Å². The molecule has 2 aromatic carbocycles. The van der Waals surface area contributed by atoms with Crippen molar-refractivity contribution in [1.82, 2.24) is 5.32 Å². The van der Waals surface area contributed by atoms with Crippen molar-refractivity contribution in [3.63, 3.8) is 0 Å². The zero-order valence-corrected chi connectivity index (χ0v) is 17.5. The molecule has 138 valence electrons. The minimum absolute atomic E-state index is 0.140. The number of ether oxygens (including phenoxy) is 1. The molecule has 3 rings (SSSR count). The third-order valence-electron chi connectivity index (χ3n) is 3.93. The lowest BCUT2D eigenvalue weighted by Gasteiger charge is -2.26. The molecular formula is C19H14Br2N2O4. The number of methoxy groups -OCH3 is 1. The number of imide groups is 2. The Morgan fingerprint density at radius 2 is 1.63 bits per heavy atom. The molecule has 0 aromatic heterocycles. The molecule has 1 fully saturated rings. The third kappa shape index (κ3) is 3.81. The summed E-state index contributed by atoms with van der Waals surface area (Å²) in [7, 11) is 1.53. The van der Waals surface area contributed by atoms with Crippen molar-refractivity contribution in [2.45, 2.75) is 6.92 Å². The Kier molecular flexibility index (Phi) is 5.48. The second-order valence-corrected chi connectivity index (χ2v) is 7.52. The SMILES string of the molecule is COc1c(Br)cc(/C=C2\C(=O)NC(=O)N(c3ccc(C)cc3)C2=O)cc1Br. The summed E-state index contributed by atoms with van der Waals surface area (Å²) < 4.78 is 6.56. The predicted molar refractivity (Wildman–Crippen MR) is 109 cm³/mol. The van der Waals surface area contributed by atoms with Gasteiger partial charge in [-0.2, -0.15) is 0 Å². The number of urea groups is 1. The minimum atomic E-state index is -0.775. The van der Waals surface area contributed by atoms with Crippen molar-refractivity contribution in [2.24, 2.45) is 0 Å². The highest BCUT2D eigenvalue weighted by Gasteiger charge is 2.36. The van der Waals surface area contributed by atoms with Gasteiger partial charge in [-0.25, -0.2) is 9.69 Å². The van der Waals surface area contributed by atoms with E-state index in [4.69, 9.17) is 4.74 Å². The molecule has 0 bridgehead atoms. The van der Waals surface area contributed by atoms with Crippen LogP contribution in [0.2, 0.25) is 0 Å². The summed E-state index contributed by atoms with van der Waals surface area (Å²) in [6.45, 7) is 1.90. The number of nitrogens with one attached hydrogen (secondary N) is 1. The Morgan fingerprint density at radius 1 is 1.04 bits per heavy atom. The Hall–Kier alpha value is -2.45. The van der Waals surface area contributed by atoms with E-state index in [-0.39, 0.29) is 5.57 Å². The number of aryl methyl sites for hydroxylation is 1. The molecule has 1 aliphatic rings. The number of rotatable bonds is 3. The van der Waals surface area contributed by atoms with Gasteiger partial charge in [-0.15, -0.1) is 0 Å². The highest BCUT2D eigenvalue weighted by Crippen LogP contribution is 2.35. The van der Waals surface area contributed by atoms with Crippen LogP contribution in [0.3, 0.4) is 0 Å². The van der Waals surface area contributed by atoms with Crippen LogP contribution in [0, 0.1) is 6.92 Å². The van der Waals surface area contributed by atoms with E-state index in [1.807, 2.05) is 6.92 Å². The van der Waals surface area contributed by atoms with E-state index >= 15 is 0 Å². The van der Waals surface area contributed by atoms with Crippen molar-refractivity contribution in [3.05, 3.63) is 62.0 Å². The number of hydrogen-bond acceptors (Lipinski definition) is 4. The average Bonchev–Trinajstić information content (AvgIpc) is 2.60. The molecule has 0 atom stereocenters. The molecule has 0 unspecified atom stereocenters. The van der Waals surface area contributed by atoms with Crippen LogP contribution in [0.5, 0.6) is 5.75 Å². The first-order chi connectivity index (χ1) is 12.8. The number of hydrogen-bond donors (Lipinski definition) is 1. The summed E-state index contributed by atoms with van der Waals surface area (Å²) in [5.74, 6) is -0.833. The number of amides is 4. The predicted octanol–water partition coefficient (Wildman–Crippen LogP) is 4.20. The molecule has 4 amide bonds. The van der Waals surface area contributed by atoms with Crippen LogP contribution in [-0.4, -0.2) is 25.0 Å². The third-order valence-corrected chi connectivity index (χ3v) is 5.11. The first-order valence-corrected chi connectivity index (χ1v) is 9.41. The van der Waals surface area contributed by atoms with E-state index in [9.17, 15) is 14.4 Å². The Morgan fingerprint density at radius 3 is 2.19 bits per heavy atom. The van der Waals surface area contributed by atoms with E-state index in [1.54, 1.807) is 36.4 Å². The molecule has 0 saturated carbocycles. The van der Waals surface area contributed by atoms with Crippen molar-refractivity contribution in [2.75, 3.05) is 12.0 Å². The summed E-state index contributed by atoms with van der Waals surface area (Å²) in [5, 5.41) is 2.21. The lowest BCUT2D eigenvalue weighted by Crippen LogP contribution is -2.54. The zero-order chi connectivity index (χ0) is 19.7. The van der Waals surface area contributed by atoms with E-state index in [1.165, 1.54) is 13.2 Å². The fourth-order valence-corrected chi connectivity index (χ4v) is 4.16. The van der Waals surface area contributed by atoms with Gasteiger partial charge in [0.1, 0.15) is 11.3 Å². The molecule has 1 aliphatic heterocycles. The lowest BCUT2D eigenvalue weighted by atomic mass is 10.1. The standard InChI is InChI=1S/C19H14Br2N2O4/c1-10-3-5-12(6-4-10)23-18(25)13(17(24)22-19(23)26)7-11-8-14(20)16(27-2)15(21)9-11/h3-9H,1-2H3,(H,22,24,26)/b13-7+. The van der Waals surface area contributed by atoms with Crippen LogP contribution >= 0.6 is 31.9 Å². The molecule has 1 saturated heterocycles. The van der Waals surface area contributed by atoms with Gasteiger partial charge >= 0.3 is 6.03 Å². The van der Waals surface area contributed by atoms with Gasteiger partial charge in [0.05, 0.1) is 21.7 Å². The van der Waals surface area contributed by atoms with Crippen molar-refractivity contribution < 1.29 is 19.1 Å². The van der Waals surface area contributed by atoms with Gasteiger partial charge in [0, 0.05) is 0 Å². The molecular weight excluding hydrogens is 480 g/mol. The maximum atomic E-state index is 12.9. The number of benzene rings is 2. The van der Waals surface area contributed by atoms with Crippen LogP contribution in [0.25, 0.3) is 6.08 Å². The van der Waals surface area contributed by atoms with Gasteiger partial charge in [0.25, 0.3) is 11.8 Å². The van der Waals surface area contributed by atoms with Crippen LogP contribution in [0.1, 0.15) is 11.1 Å². The molecule has 0 spiro atoms. The molecule has 1 heterocycles. The quantitative estimate of drug-likeness (QED) is 0.513. The normalized spacial score (nSPS) is 15.9. The summed E-state index contributed by atoms with van der Waals surface area (Å²) >= 11 is 6.77. The summed E-state index contributed by atoms with van der Waals surface area (Å²) in [5.41, 5.74) is 1.83. The van der Waals surface area contributed by atoms with Gasteiger partial charge in [-0.05, 0) is 74.7 Å².